The minimum atomic E-state index is -4.59. The number of hydrogen-bond donors (Lipinski definition) is 1. The summed E-state index contributed by atoms with van der Waals surface area (Å²) in [5, 5.41) is 0. The van der Waals surface area contributed by atoms with E-state index in [0.717, 1.165) is 6.92 Å². The first kappa shape index (κ1) is 16.6. The van der Waals surface area contributed by atoms with Gasteiger partial charge in [-0.05, 0) is 6.92 Å². The molecule has 0 heterocycles. The van der Waals surface area contributed by atoms with Gasteiger partial charge in [0.1, 0.15) is 0 Å². The third-order valence-electron chi connectivity index (χ3n) is 1.42. The summed E-state index contributed by atoms with van der Waals surface area (Å²) in [6.45, 7) is 0.887. The molecule has 0 rings (SSSR count). The molecule has 1 atom stereocenters. The van der Waals surface area contributed by atoms with Crippen molar-refractivity contribution in [3.8, 4) is 0 Å². The molecule has 17 heavy (non-hydrogen) atoms. The minimum Gasteiger partial charge on any atom is -0.286 e. The van der Waals surface area contributed by atoms with Gasteiger partial charge >= 0.3 is 6.18 Å². The van der Waals surface area contributed by atoms with Crippen molar-refractivity contribution in [1.29, 1.82) is 0 Å². The van der Waals surface area contributed by atoms with Crippen molar-refractivity contribution in [2.45, 2.75) is 25.6 Å². The van der Waals surface area contributed by atoms with Gasteiger partial charge in [0.05, 0.1) is 24.0 Å². The first-order valence-electron chi connectivity index (χ1n) is 4.24. The zero-order valence-corrected chi connectivity index (χ0v) is 10.3. The molecule has 0 radical (unpaired) electrons. The Labute approximate surface area is 96.6 Å². The molecule has 0 aromatic carbocycles. The maximum Gasteiger partial charge on any atom is 0.391 e. The fraction of sp³-hybridized carbons (Fsp3) is 1.00. The lowest BCUT2D eigenvalue weighted by Crippen LogP contribution is -2.26. The average Bonchev–Trinajstić information content (AvgIpc) is 1.94. The van der Waals surface area contributed by atoms with E-state index < -0.39 is 50.4 Å². The Kier molecular flexibility index (Phi) is 5.38. The Morgan fingerprint density at radius 3 is 2.00 bits per heavy atom. The maximum absolute atomic E-state index is 11.8. The molecule has 0 aromatic heterocycles. The van der Waals surface area contributed by atoms with Gasteiger partial charge in [0.2, 0.25) is 0 Å². The van der Waals surface area contributed by atoms with E-state index in [1.54, 1.807) is 0 Å². The van der Waals surface area contributed by atoms with E-state index in [2.05, 4.69) is 4.18 Å². The number of rotatable bonds is 6. The van der Waals surface area contributed by atoms with E-state index in [9.17, 15) is 30.0 Å². The summed E-state index contributed by atoms with van der Waals surface area (Å²) in [6, 6.07) is 0. The molecular weight excluding hydrogens is 289 g/mol. The Morgan fingerprint density at radius 2 is 1.65 bits per heavy atom. The molecule has 0 saturated heterocycles. The second kappa shape index (κ2) is 5.50. The predicted molar refractivity (Wildman–Crippen MR) is 51.4 cm³/mol. The summed E-state index contributed by atoms with van der Waals surface area (Å²) in [4.78, 5) is 0. The van der Waals surface area contributed by atoms with Gasteiger partial charge in [0, 0.05) is 0 Å². The SMILES string of the molecule is CC(CC(F)(F)F)OS(=O)(=O)CCS(=O)(=O)O. The summed E-state index contributed by atoms with van der Waals surface area (Å²) in [7, 11) is -8.94. The molecule has 0 aliphatic carbocycles. The lowest BCUT2D eigenvalue weighted by molar-refractivity contribution is -0.148. The van der Waals surface area contributed by atoms with Gasteiger partial charge in [-0.25, -0.2) is 0 Å². The second-order valence-electron chi connectivity index (χ2n) is 3.27. The van der Waals surface area contributed by atoms with E-state index in [-0.39, 0.29) is 0 Å². The second-order valence-corrected chi connectivity index (χ2v) is 6.56. The van der Waals surface area contributed by atoms with E-state index in [0.29, 0.717) is 0 Å². The monoisotopic (exact) mass is 300 g/mol. The molecule has 0 aliphatic rings. The molecular formula is C6H11F3O6S2. The van der Waals surface area contributed by atoms with Crippen molar-refractivity contribution < 1.29 is 38.7 Å². The molecule has 1 N–H and O–H groups in total. The van der Waals surface area contributed by atoms with E-state index >= 15 is 0 Å². The Balaban J connectivity index is 4.37. The van der Waals surface area contributed by atoms with Crippen LogP contribution in [0.4, 0.5) is 13.2 Å². The topological polar surface area (TPSA) is 97.7 Å². The largest absolute Gasteiger partial charge is 0.391 e. The molecule has 0 aromatic rings. The molecule has 0 saturated carbocycles. The third kappa shape index (κ3) is 10.5. The van der Waals surface area contributed by atoms with Crippen LogP contribution in [0, 0.1) is 0 Å². The van der Waals surface area contributed by atoms with Crippen molar-refractivity contribution in [3.05, 3.63) is 0 Å². The highest BCUT2D eigenvalue weighted by molar-refractivity contribution is 7.90. The quantitative estimate of drug-likeness (QED) is 0.568. The molecule has 0 bridgehead atoms. The molecule has 0 amide bonds. The van der Waals surface area contributed by atoms with Crippen LogP contribution in [0.25, 0.3) is 0 Å². The van der Waals surface area contributed by atoms with Gasteiger partial charge in [0.15, 0.2) is 0 Å². The van der Waals surface area contributed by atoms with Gasteiger partial charge in [-0.3, -0.25) is 8.74 Å². The van der Waals surface area contributed by atoms with Crippen LogP contribution >= 0.6 is 0 Å². The lowest BCUT2D eigenvalue weighted by Gasteiger charge is -2.14. The summed E-state index contributed by atoms with van der Waals surface area (Å²) in [5.41, 5.74) is 0. The van der Waals surface area contributed by atoms with E-state index in [1.807, 2.05) is 0 Å². The van der Waals surface area contributed by atoms with Crippen LogP contribution in [-0.4, -0.2) is 45.2 Å². The Morgan fingerprint density at radius 1 is 1.18 bits per heavy atom. The standard InChI is InChI=1S/C6H11F3O6S2/c1-5(4-6(7,8)9)15-17(13,14)3-2-16(10,11)12/h5H,2-4H2,1H3,(H,10,11,12). The first-order chi connectivity index (χ1) is 7.31. The van der Waals surface area contributed by atoms with Crippen LogP contribution < -0.4 is 0 Å². The smallest absolute Gasteiger partial charge is 0.286 e. The average molecular weight is 300 g/mol. The van der Waals surface area contributed by atoms with Gasteiger partial charge in [-0.2, -0.15) is 30.0 Å². The van der Waals surface area contributed by atoms with Crippen LogP contribution in [0.15, 0.2) is 0 Å². The van der Waals surface area contributed by atoms with Gasteiger partial charge < -0.3 is 0 Å². The van der Waals surface area contributed by atoms with Crippen LogP contribution in [0.3, 0.4) is 0 Å². The van der Waals surface area contributed by atoms with Crippen LogP contribution in [0.5, 0.6) is 0 Å². The molecule has 1 unspecified atom stereocenters. The van der Waals surface area contributed by atoms with E-state index in [4.69, 9.17) is 4.55 Å². The van der Waals surface area contributed by atoms with Crippen molar-refractivity contribution in [1.82, 2.24) is 0 Å². The Hall–Kier alpha value is -0.390. The first-order valence-corrected chi connectivity index (χ1v) is 7.42. The Bertz CT molecular complexity index is 437. The minimum absolute atomic E-state index is 0.887. The molecule has 104 valence electrons. The van der Waals surface area contributed by atoms with Crippen LogP contribution in [-0.2, 0) is 24.4 Å². The van der Waals surface area contributed by atoms with Crippen molar-refractivity contribution in [2.24, 2.45) is 0 Å². The normalized spacial score (nSPS) is 15.8. The zero-order chi connectivity index (χ0) is 13.9. The summed E-state index contributed by atoms with van der Waals surface area (Å²) in [5.74, 6) is -2.23. The van der Waals surface area contributed by atoms with Crippen molar-refractivity contribution >= 4 is 20.2 Å². The van der Waals surface area contributed by atoms with Crippen molar-refractivity contribution in [3.63, 3.8) is 0 Å². The number of hydrogen-bond acceptors (Lipinski definition) is 5. The predicted octanol–water partition coefficient (Wildman–Crippen LogP) is 0.562. The lowest BCUT2D eigenvalue weighted by atomic mass is 10.3. The molecule has 0 fully saturated rings. The molecule has 11 heteroatoms. The third-order valence-corrected chi connectivity index (χ3v) is 3.73. The number of alkyl halides is 3. The summed E-state index contributed by atoms with van der Waals surface area (Å²) < 4.78 is 90.4. The zero-order valence-electron chi connectivity index (χ0n) is 8.64. The summed E-state index contributed by atoms with van der Waals surface area (Å²) >= 11 is 0. The molecule has 0 spiro atoms. The van der Waals surface area contributed by atoms with Gasteiger partial charge in [0.25, 0.3) is 20.2 Å². The highest BCUT2D eigenvalue weighted by Crippen LogP contribution is 2.23. The molecule has 0 aliphatic heterocycles. The van der Waals surface area contributed by atoms with Crippen LogP contribution in [0.1, 0.15) is 13.3 Å². The van der Waals surface area contributed by atoms with E-state index in [1.165, 1.54) is 0 Å². The van der Waals surface area contributed by atoms with Crippen molar-refractivity contribution in [2.75, 3.05) is 11.5 Å². The molecule has 6 nitrogen and oxygen atoms in total. The maximum atomic E-state index is 11.8. The highest BCUT2D eigenvalue weighted by atomic mass is 32.2. The summed E-state index contributed by atoms with van der Waals surface area (Å²) in [6.07, 6.45) is -7.71. The van der Waals surface area contributed by atoms with Gasteiger partial charge in [-0.15, -0.1) is 0 Å². The number of halogens is 3. The van der Waals surface area contributed by atoms with Crippen LogP contribution in [0.2, 0.25) is 0 Å². The highest BCUT2D eigenvalue weighted by Gasteiger charge is 2.32. The fourth-order valence-electron chi connectivity index (χ4n) is 0.866. The van der Waals surface area contributed by atoms with Gasteiger partial charge in [-0.1, -0.05) is 0 Å². The fourth-order valence-corrected chi connectivity index (χ4v) is 3.19.